The maximum absolute atomic E-state index is 12.6. The van der Waals surface area contributed by atoms with Gasteiger partial charge >= 0.3 is 0 Å². The monoisotopic (exact) mass is 310 g/mol. The van der Waals surface area contributed by atoms with Crippen LogP contribution in [-0.4, -0.2) is 37.0 Å². The highest BCUT2D eigenvalue weighted by Crippen LogP contribution is 2.29. The highest BCUT2D eigenvalue weighted by Gasteiger charge is 2.21. The van der Waals surface area contributed by atoms with Crippen LogP contribution in [0.5, 0.6) is 0 Å². The first-order valence-corrected chi connectivity index (χ1v) is 7.78. The van der Waals surface area contributed by atoms with Gasteiger partial charge in [0.15, 0.2) is 0 Å². The number of piperidine rings is 1. The van der Waals surface area contributed by atoms with Crippen LogP contribution in [0.1, 0.15) is 54.1 Å². The van der Waals surface area contributed by atoms with Gasteiger partial charge in [-0.15, -0.1) is 12.4 Å². The fourth-order valence-corrected chi connectivity index (χ4v) is 3.14. The van der Waals surface area contributed by atoms with Crippen LogP contribution in [0.3, 0.4) is 0 Å². The number of halogens is 1. The van der Waals surface area contributed by atoms with Crippen molar-refractivity contribution in [2.45, 2.75) is 39.5 Å². The van der Waals surface area contributed by atoms with E-state index >= 15 is 0 Å². The summed E-state index contributed by atoms with van der Waals surface area (Å²) in [4.78, 5) is 14.5. The molecule has 1 fully saturated rings. The van der Waals surface area contributed by atoms with Gasteiger partial charge in [-0.1, -0.05) is 12.1 Å². The number of carbonyl (C=O) groups is 1. The summed E-state index contributed by atoms with van der Waals surface area (Å²) in [6.07, 6.45) is 2.34. The lowest BCUT2D eigenvalue weighted by molar-refractivity contribution is 0.0772. The van der Waals surface area contributed by atoms with Crippen LogP contribution in [0.2, 0.25) is 0 Å². The third-order valence-electron chi connectivity index (χ3n) is 4.44. The summed E-state index contributed by atoms with van der Waals surface area (Å²) >= 11 is 0. The zero-order valence-corrected chi connectivity index (χ0v) is 14.1. The molecule has 2 rings (SSSR count). The Morgan fingerprint density at radius 3 is 2.43 bits per heavy atom. The van der Waals surface area contributed by atoms with Gasteiger partial charge in [-0.3, -0.25) is 4.79 Å². The summed E-state index contributed by atoms with van der Waals surface area (Å²) in [6.45, 7) is 9.88. The number of amides is 1. The van der Waals surface area contributed by atoms with Crippen LogP contribution in [0, 0.1) is 6.92 Å². The molecule has 118 valence electrons. The summed E-state index contributed by atoms with van der Waals surface area (Å²) in [5.74, 6) is 0.768. The quantitative estimate of drug-likeness (QED) is 0.925. The minimum absolute atomic E-state index is 0. The van der Waals surface area contributed by atoms with E-state index in [-0.39, 0.29) is 18.3 Å². The molecule has 1 N–H and O–H groups in total. The molecule has 0 aliphatic carbocycles. The lowest BCUT2D eigenvalue weighted by Gasteiger charge is -2.26. The van der Waals surface area contributed by atoms with E-state index < -0.39 is 0 Å². The Hall–Kier alpha value is -1.06. The second kappa shape index (κ2) is 8.40. The Morgan fingerprint density at radius 2 is 1.86 bits per heavy atom. The number of hydrogen-bond acceptors (Lipinski definition) is 2. The fraction of sp³-hybridized carbons (Fsp3) is 0.588. The minimum atomic E-state index is 0. The molecule has 0 spiro atoms. The van der Waals surface area contributed by atoms with E-state index in [2.05, 4.69) is 18.3 Å². The fourth-order valence-electron chi connectivity index (χ4n) is 3.14. The summed E-state index contributed by atoms with van der Waals surface area (Å²) in [5.41, 5.74) is 3.42. The number of rotatable bonds is 4. The van der Waals surface area contributed by atoms with E-state index in [9.17, 15) is 4.79 Å². The molecule has 0 saturated carbocycles. The average Bonchev–Trinajstić information content (AvgIpc) is 2.49. The molecule has 0 atom stereocenters. The maximum atomic E-state index is 12.6. The highest BCUT2D eigenvalue weighted by atomic mass is 35.5. The minimum Gasteiger partial charge on any atom is -0.339 e. The Kier molecular flexibility index (Phi) is 7.20. The molecule has 3 nitrogen and oxygen atoms in total. The molecule has 0 aromatic heterocycles. The Labute approximate surface area is 134 Å². The van der Waals surface area contributed by atoms with Gasteiger partial charge in [0.05, 0.1) is 0 Å². The molecule has 1 heterocycles. The van der Waals surface area contributed by atoms with Gasteiger partial charge in [0.25, 0.3) is 5.91 Å². The summed E-state index contributed by atoms with van der Waals surface area (Å²) in [7, 11) is 0. The zero-order chi connectivity index (χ0) is 14.5. The van der Waals surface area contributed by atoms with Crippen molar-refractivity contribution in [3.8, 4) is 0 Å². The van der Waals surface area contributed by atoms with Crippen LogP contribution >= 0.6 is 12.4 Å². The van der Waals surface area contributed by atoms with Crippen molar-refractivity contribution in [3.63, 3.8) is 0 Å². The van der Waals surface area contributed by atoms with Gasteiger partial charge in [0.2, 0.25) is 0 Å². The predicted octanol–water partition coefficient (Wildman–Crippen LogP) is 3.37. The van der Waals surface area contributed by atoms with Crippen molar-refractivity contribution in [2.24, 2.45) is 0 Å². The van der Waals surface area contributed by atoms with E-state index in [1.165, 1.54) is 24.0 Å². The molecule has 4 heteroatoms. The molecule has 21 heavy (non-hydrogen) atoms. The van der Waals surface area contributed by atoms with E-state index in [1.54, 1.807) is 0 Å². The van der Waals surface area contributed by atoms with Crippen molar-refractivity contribution >= 4 is 18.3 Å². The number of carbonyl (C=O) groups excluding carboxylic acids is 1. The number of hydrogen-bond donors (Lipinski definition) is 1. The van der Waals surface area contributed by atoms with E-state index in [0.29, 0.717) is 5.92 Å². The largest absolute Gasteiger partial charge is 0.339 e. The first-order valence-electron chi connectivity index (χ1n) is 7.78. The summed E-state index contributed by atoms with van der Waals surface area (Å²) in [5, 5.41) is 3.40. The van der Waals surface area contributed by atoms with Crippen molar-refractivity contribution in [1.82, 2.24) is 10.2 Å². The third-order valence-corrected chi connectivity index (χ3v) is 4.44. The van der Waals surface area contributed by atoms with Gasteiger partial charge in [0.1, 0.15) is 0 Å². The molecule has 1 saturated heterocycles. The van der Waals surface area contributed by atoms with Crippen LogP contribution in [0.4, 0.5) is 0 Å². The molecule has 1 amide bonds. The Balaban J connectivity index is 0.00000220. The highest BCUT2D eigenvalue weighted by molar-refractivity contribution is 5.96. The van der Waals surface area contributed by atoms with Crippen molar-refractivity contribution < 1.29 is 4.79 Å². The zero-order valence-electron chi connectivity index (χ0n) is 13.3. The van der Waals surface area contributed by atoms with E-state index in [1.807, 2.05) is 30.9 Å². The molecule has 1 aliphatic rings. The summed E-state index contributed by atoms with van der Waals surface area (Å²) in [6, 6.07) is 6.21. The number of nitrogens with zero attached hydrogens (tertiary/aromatic N) is 1. The topological polar surface area (TPSA) is 32.3 Å². The van der Waals surface area contributed by atoms with Crippen LogP contribution in [-0.2, 0) is 0 Å². The molecule has 0 unspecified atom stereocenters. The number of nitrogens with one attached hydrogen (secondary N) is 1. The molecule has 1 aromatic rings. The standard InChI is InChI=1S/C17H26N2O.ClH/c1-4-19(5-2)17(20)16-8-6-7-15(13(16)3)14-9-11-18-12-10-14;/h6-8,14,18H,4-5,9-12H2,1-3H3;1H. The van der Waals surface area contributed by atoms with Gasteiger partial charge in [-0.05, 0) is 69.8 Å². The van der Waals surface area contributed by atoms with Crippen LogP contribution in [0.25, 0.3) is 0 Å². The normalized spacial score (nSPS) is 15.4. The summed E-state index contributed by atoms with van der Waals surface area (Å²) < 4.78 is 0. The Morgan fingerprint density at radius 1 is 1.24 bits per heavy atom. The molecule has 0 bridgehead atoms. The lowest BCUT2D eigenvalue weighted by atomic mass is 9.85. The van der Waals surface area contributed by atoms with Crippen molar-refractivity contribution in [3.05, 3.63) is 34.9 Å². The van der Waals surface area contributed by atoms with Crippen LogP contribution in [0.15, 0.2) is 18.2 Å². The van der Waals surface area contributed by atoms with Crippen molar-refractivity contribution in [1.29, 1.82) is 0 Å². The van der Waals surface area contributed by atoms with E-state index in [0.717, 1.165) is 31.7 Å². The van der Waals surface area contributed by atoms with Crippen LogP contribution < -0.4 is 5.32 Å². The predicted molar refractivity (Wildman–Crippen MR) is 90.5 cm³/mol. The van der Waals surface area contributed by atoms with Gasteiger partial charge < -0.3 is 10.2 Å². The second-order valence-electron chi connectivity index (χ2n) is 5.52. The molecule has 1 aliphatic heterocycles. The third kappa shape index (κ3) is 3.98. The maximum Gasteiger partial charge on any atom is 0.254 e. The number of benzene rings is 1. The molecule has 0 radical (unpaired) electrons. The SMILES string of the molecule is CCN(CC)C(=O)c1cccc(C2CCNCC2)c1C.Cl. The van der Waals surface area contributed by atoms with Crippen molar-refractivity contribution in [2.75, 3.05) is 26.2 Å². The molecular weight excluding hydrogens is 284 g/mol. The first-order chi connectivity index (χ1) is 9.69. The lowest BCUT2D eigenvalue weighted by Crippen LogP contribution is -2.31. The first kappa shape index (κ1) is 18.0. The molecular formula is C17H27ClN2O. The van der Waals surface area contributed by atoms with Gasteiger partial charge in [-0.25, -0.2) is 0 Å². The smallest absolute Gasteiger partial charge is 0.254 e. The Bertz CT molecular complexity index is 466. The molecule has 1 aromatic carbocycles. The second-order valence-corrected chi connectivity index (χ2v) is 5.52. The van der Waals surface area contributed by atoms with Gasteiger partial charge in [-0.2, -0.15) is 0 Å². The average molecular weight is 311 g/mol. The van der Waals surface area contributed by atoms with E-state index in [4.69, 9.17) is 0 Å². The van der Waals surface area contributed by atoms with Gasteiger partial charge in [0, 0.05) is 18.7 Å².